The lowest BCUT2D eigenvalue weighted by molar-refractivity contribution is -0.112. The summed E-state index contributed by atoms with van der Waals surface area (Å²) in [6, 6.07) is 11.9. The standard InChI is InChI=1S/C26H21Cl3N2O4S/c1-4-34-26(33)23-14(2)15(3)36-25(23)31-24(32)18(12-30)10-17-11-19(27)6-8-22(17)35-13-16-5-7-20(28)21(29)9-16/h5-11H,4,13H2,1-3H3,(H,31,32)/b18-10+. The molecule has 3 rings (SSSR count). The van der Waals surface area contributed by atoms with Gasteiger partial charge in [-0.25, -0.2) is 4.79 Å². The Balaban J connectivity index is 1.88. The van der Waals surface area contributed by atoms with Crippen molar-refractivity contribution in [2.24, 2.45) is 0 Å². The Morgan fingerprint density at radius 1 is 1.11 bits per heavy atom. The second-order valence-electron chi connectivity index (χ2n) is 7.55. The van der Waals surface area contributed by atoms with Crippen molar-refractivity contribution in [1.29, 1.82) is 5.26 Å². The van der Waals surface area contributed by atoms with Gasteiger partial charge in [-0.3, -0.25) is 4.79 Å². The van der Waals surface area contributed by atoms with Crippen LogP contribution in [-0.4, -0.2) is 18.5 Å². The molecule has 1 heterocycles. The van der Waals surface area contributed by atoms with Crippen molar-refractivity contribution in [1.82, 2.24) is 0 Å². The van der Waals surface area contributed by atoms with Gasteiger partial charge in [0.1, 0.15) is 29.0 Å². The van der Waals surface area contributed by atoms with Gasteiger partial charge in [-0.2, -0.15) is 5.26 Å². The molecule has 3 aromatic rings. The second-order valence-corrected chi connectivity index (χ2v) is 10.0. The van der Waals surface area contributed by atoms with Crippen LogP contribution in [0.3, 0.4) is 0 Å². The SMILES string of the molecule is CCOC(=O)c1c(NC(=O)/C(C#N)=C/c2cc(Cl)ccc2OCc2ccc(Cl)c(Cl)c2)sc(C)c1C. The number of amides is 1. The summed E-state index contributed by atoms with van der Waals surface area (Å²) in [4.78, 5) is 26.3. The molecule has 10 heteroatoms. The van der Waals surface area contributed by atoms with Crippen LogP contribution in [0.5, 0.6) is 5.75 Å². The first-order chi connectivity index (χ1) is 17.1. The van der Waals surface area contributed by atoms with E-state index in [0.717, 1.165) is 10.4 Å². The zero-order chi connectivity index (χ0) is 26.4. The van der Waals surface area contributed by atoms with E-state index in [9.17, 15) is 14.9 Å². The maximum Gasteiger partial charge on any atom is 0.341 e. The van der Waals surface area contributed by atoms with Crippen molar-refractivity contribution in [2.75, 3.05) is 11.9 Å². The van der Waals surface area contributed by atoms with Gasteiger partial charge in [-0.05, 0) is 68.3 Å². The molecule has 0 fully saturated rings. The smallest absolute Gasteiger partial charge is 0.341 e. The number of anilines is 1. The van der Waals surface area contributed by atoms with Gasteiger partial charge in [0.05, 0.1) is 22.2 Å². The van der Waals surface area contributed by atoms with Crippen LogP contribution in [0.1, 0.15) is 38.8 Å². The summed E-state index contributed by atoms with van der Waals surface area (Å²) < 4.78 is 11.0. The van der Waals surface area contributed by atoms with Crippen molar-refractivity contribution in [3.63, 3.8) is 0 Å². The van der Waals surface area contributed by atoms with Crippen LogP contribution in [-0.2, 0) is 16.1 Å². The highest BCUT2D eigenvalue weighted by atomic mass is 35.5. The maximum atomic E-state index is 13.0. The number of carbonyl (C=O) groups excluding carboxylic acids is 2. The molecule has 0 unspecified atom stereocenters. The molecular formula is C26H21Cl3N2O4S. The van der Waals surface area contributed by atoms with Crippen LogP contribution in [0.2, 0.25) is 15.1 Å². The Hall–Kier alpha value is -3.02. The largest absolute Gasteiger partial charge is 0.488 e. The average Bonchev–Trinajstić information content (AvgIpc) is 3.11. The number of nitrogens with zero attached hydrogens (tertiary/aromatic N) is 1. The average molecular weight is 564 g/mol. The summed E-state index contributed by atoms with van der Waals surface area (Å²) in [6.45, 7) is 5.68. The molecule has 2 aromatic carbocycles. The topological polar surface area (TPSA) is 88.4 Å². The van der Waals surface area contributed by atoms with Crippen LogP contribution < -0.4 is 10.1 Å². The first-order valence-electron chi connectivity index (χ1n) is 10.7. The quantitative estimate of drug-likeness (QED) is 0.173. The molecule has 0 atom stereocenters. The molecule has 0 saturated heterocycles. The molecule has 1 aromatic heterocycles. The molecule has 0 bridgehead atoms. The van der Waals surface area contributed by atoms with Crippen LogP contribution in [0.25, 0.3) is 6.08 Å². The summed E-state index contributed by atoms with van der Waals surface area (Å²) in [5.74, 6) is -0.814. The third-order valence-electron chi connectivity index (χ3n) is 5.11. The van der Waals surface area contributed by atoms with Gasteiger partial charge in [0, 0.05) is 15.5 Å². The fourth-order valence-electron chi connectivity index (χ4n) is 3.19. The zero-order valence-corrected chi connectivity index (χ0v) is 22.7. The van der Waals surface area contributed by atoms with E-state index in [-0.39, 0.29) is 24.4 Å². The van der Waals surface area contributed by atoms with Crippen LogP contribution in [0.4, 0.5) is 5.00 Å². The number of aryl methyl sites for hydroxylation is 1. The van der Waals surface area contributed by atoms with E-state index in [1.54, 1.807) is 50.2 Å². The number of nitriles is 1. The summed E-state index contributed by atoms with van der Waals surface area (Å²) >= 11 is 19.4. The second kappa shape index (κ2) is 12.3. The predicted octanol–water partition coefficient (Wildman–Crippen LogP) is 7.63. The summed E-state index contributed by atoms with van der Waals surface area (Å²) in [5, 5.41) is 13.9. The predicted molar refractivity (Wildman–Crippen MR) is 144 cm³/mol. The van der Waals surface area contributed by atoms with E-state index in [0.29, 0.717) is 36.9 Å². The molecule has 0 aliphatic heterocycles. The molecule has 36 heavy (non-hydrogen) atoms. The molecule has 0 aliphatic carbocycles. The molecular weight excluding hydrogens is 543 g/mol. The normalized spacial score (nSPS) is 11.1. The number of hydrogen-bond donors (Lipinski definition) is 1. The van der Waals surface area contributed by atoms with Crippen molar-refractivity contribution in [3.8, 4) is 11.8 Å². The molecule has 1 N–H and O–H groups in total. The summed E-state index contributed by atoms with van der Waals surface area (Å²) in [6.07, 6.45) is 1.38. The minimum Gasteiger partial charge on any atom is -0.488 e. The number of hydrogen-bond acceptors (Lipinski definition) is 6. The fraction of sp³-hybridized carbons (Fsp3) is 0.192. The lowest BCUT2D eigenvalue weighted by atomic mass is 10.1. The third-order valence-corrected chi connectivity index (χ3v) is 7.20. The van der Waals surface area contributed by atoms with E-state index in [2.05, 4.69) is 5.32 Å². The molecule has 0 aliphatic rings. The Bertz CT molecular complexity index is 1390. The van der Waals surface area contributed by atoms with Crippen LogP contribution >= 0.6 is 46.1 Å². The number of nitrogens with one attached hydrogen (secondary N) is 1. The highest BCUT2D eigenvalue weighted by Gasteiger charge is 2.23. The Morgan fingerprint density at radius 3 is 2.53 bits per heavy atom. The highest BCUT2D eigenvalue weighted by Crippen LogP contribution is 2.34. The van der Waals surface area contributed by atoms with Crippen LogP contribution in [0, 0.1) is 25.2 Å². The van der Waals surface area contributed by atoms with Crippen LogP contribution in [0.15, 0.2) is 42.0 Å². The van der Waals surface area contributed by atoms with Gasteiger partial charge in [0.15, 0.2) is 0 Å². The Labute approximate surface area is 228 Å². The molecule has 6 nitrogen and oxygen atoms in total. The van der Waals surface area contributed by atoms with Crippen molar-refractivity contribution in [2.45, 2.75) is 27.4 Å². The lowest BCUT2D eigenvalue weighted by Gasteiger charge is -2.11. The highest BCUT2D eigenvalue weighted by molar-refractivity contribution is 7.16. The van der Waals surface area contributed by atoms with E-state index >= 15 is 0 Å². The number of benzene rings is 2. The molecule has 1 amide bonds. The van der Waals surface area contributed by atoms with E-state index in [1.165, 1.54) is 17.4 Å². The molecule has 186 valence electrons. The molecule has 0 saturated carbocycles. The van der Waals surface area contributed by atoms with Gasteiger partial charge < -0.3 is 14.8 Å². The number of rotatable bonds is 8. The minimum atomic E-state index is -0.681. The van der Waals surface area contributed by atoms with Gasteiger partial charge >= 0.3 is 5.97 Å². The number of thiophene rings is 1. The van der Waals surface area contributed by atoms with Crippen molar-refractivity contribution < 1.29 is 19.1 Å². The van der Waals surface area contributed by atoms with E-state index in [1.807, 2.05) is 13.0 Å². The number of carbonyl (C=O) groups is 2. The zero-order valence-electron chi connectivity index (χ0n) is 19.6. The first-order valence-corrected chi connectivity index (χ1v) is 12.7. The Kier molecular flexibility index (Phi) is 9.41. The number of ether oxygens (including phenoxy) is 2. The number of halogens is 3. The summed E-state index contributed by atoms with van der Waals surface area (Å²) in [7, 11) is 0. The monoisotopic (exact) mass is 562 g/mol. The Morgan fingerprint density at radius 2 is 1.86 bits per heavy atom. The van der Waals surface area contributed by atoms with E-state index < -0.39 is 11.9 Å². The van der Waals surface area contributed by atoms with Gasteiger partial charge in [-0.15, -0.1) is 11.3 Å². The van der Waals surface area contributed by atoms with Gasteiger partial charge in [-0.1, -0.05) is 40.9 Å². The lowest BCUT2D eigenvalue weighted by Crippen LogP contribution is -2.16. The summed E-state index contributed by atoms with van der Waals surface area (Å²) in [5.41, 5.74) is 2.00. The van der Waals surface area contributed by atoms with Gasteiger partial charge in [0.2, 0.25) is 0 Å². The van der Waals surface area contributed by atoms with Gasteiger partial charge in [0.25, 0.3) is 5.91 Å². The fourth-order valence-corrected chi connectivity index (χ4v) is 4.74. The number of esters is 1. The molecule has 0 radical (unpaired) electrons. The van der Waals surface area contributed by atoms with Crippen molar-refractivity contribution in [3.05, 3.63) is 84.2 Å². The van der Waals surface area contributed by atoms with Crippen molar-refractivity contribution >= 4 is 69.1 Å². The third kappa shape index (κ3) is 6.59. The first kappa shape index (κ1) is 27.6. The maximum absolute atomic E-state index is 13.0. The van der Waals surface area contributed by atoms with E-state index in [4.69, 9.17) is 44.3 Å². The minimum absolute atomic E-state index is 0.171. The molecule has 0 spiro atoms.